The third kappa shape index (κ3) is 6.85. The number of hydrogen-bond acceptors (Lipinski definition) is 10. The van der Waals surface area contributed by atoms with Crippen LogP contribution in [0.1, 0.15) is 22.6 Å². The molecule has 4 heterocycles. The molecule has 0 bridgehead atoms. The van der Waals surface area contributed by atoms with Crippen LogP contribution in [0.4, 0.5) is 13.2 Å². The minimum absolute atomic E-state index is 0.171. The molecule has 0 unspecified atom stereocenters. The predicted molar refractivity (Wildman–Crippen MR) is 146 cm³/mol. The molecule has 1 fully saturated rings. The number of nitrogens with zero attached hydrogens (tertiary/aromatic N) is 4. The molecule has 0 atom stereocenters. The Hall–Kier alpha value is -3.36. The van der Waals surface area contributed by atoms with Gasteiger partial charge in [0.2, 0.25) is 11.8 Å². The van der Waals surface area contributed by atoms with Gasteiger partial charge in [0.25, 0.3) is 0 Å². The maximum absolute atomic E-state index is 13.0. The van der Waals surface area contributed by atoms with Gasteiger partial charge in [0, 0.05) is 36.2 Å². The summed E-state index contributed by atoms with van der Waals surface area (Å²) in [6, 6.07) is 8.30. The largest absolute Gasteiger partial charge is 0.480 e. The summed E-state index contributed by atoms with van der Waals surface area (Å²) in [5.41, 5.74) is 1.20. The first-order chi connectivity index (χ1) is 19.3. The van der Waals surface area contributed by atoms with Crippen LogP contribution in [0.3, 0.4) is 0 Å². The maximum atomic E-state index is 13.0. The average Bonchev–Trinajstić information content (AvgIpc) is 3.58. The van der Waals surface area contributed by atoms with Gasteiger partial charge in [-0.1, -0.05) is 17.3 Å². The lowest BCUT2D eigenvalue weighted by atomic mass is 10.1. The first-order valence-corrected chi connectivity index (χ1v) is 14.5. The van der Waals surface area contributed by atoms with Crippen LogP contribution in [0.5, 0.6) is 11.8 Å². The first kappa shape index (κ1) is 28.2. The van der Waals surface area contributed by atoms with Gasteiger partial charge in [-0.2, -0.15) is 29.9 Å². The molecule has 40 heavy (non-hydrogen) atoms. The number of benzene rings is 1. The lowest BCUT2D eigenvalue weighted by molar-refractivity contribution is -0.137. The van der Waals surface area contributed by atoms with Crippen LogP contribution >= 0.6 is 23.1 Å². The Morgan fingerprint density at radius 3 is 2.55 bits per heavy atom. The fourth-order valence-corrected chi connectivity index (χ4v) is 6.24. The molecule has 0 spiro atoms. The number of halogens is 3. The van der Waals surface area contributed by atoms with Gasteiger partial charge in [-0.05, 0) is 37.6 Å². The highest BCUT2D eigenvalue weighted by atomic mass is 32.2. The van der Waals surface area contributed by atoms with Crippen LogP contribution in [-0.2, 0) is 19.2 Å². The van der Waals surface area contributed by atoms with Crippen molar-refractivity contribution in [1.82, 2.24) is 25.0 Å². The number of thioether (sulfide) groups is 1. The Balaban J connectivity index is 1.34. The summed E-state index contributed by atoms with van der Waals surface area (Å²) < 4.78 is 55.0. The van der Waals surface area contributed by atoms with E-state index in [4.69, 9.17) is 14.5 Å². The molecule has 0 amide bonds. The van der Waals surface area contributed by atoms with Crippen molar-refractivity contribution in [2.75, 3.05) is 38.2 Å². The SMILES string of the molecule is COc1nc(OCc2sc(-c3ccc(C(F)(F)F)cc3)nc2CCCN2CCSCC2)ccc1-c1noc(=O)[nH]1. The minimum atomic E-state index is -4.40. The molecule has 1 aliphatic rings. The van der Waals surface area contributed by atoms with Gasteiger partial charge in [0.1, 0.15) is 11.6 Å². The molecule has 3 aromatic heterocycles. The topological polar surface area (TPSA) is 106 Å². The second kappa shape index (κ2) is 12.4. The maximum Gasteiger partial charge on any atom is 0.439 e. The van der Waals surface area contributed by atoms with Crippen molar-refractivity contribution in [3.05, 3.63) is 63.1 Å². The van der Waals surface area contributed by atoms with Crippen LogP contribution < -0.4 is 15.2 Å². The summed E-state index contributed by atoms with van der Waals surface area (Å²) in [6.07, 6.45) is -2.77. The first-order valence-electron chi connectivity index (χ1n) is 12.5. The Labute approximate surface area is 235 Å². The van der Waals surface area contributed by atoms with Crippen molar-refractivity contribution < 1.29 is 27.2 Å². The number of pyridine rings is 1. The zero-order valence-corrected chi connectivity index (χ0v) is 23.1. The fourth-order valence-electron chi connectivity index (χ4n) is 4.24. The van der Waals surface area contributed by atoms with E-state index in [1.807, 2.05) is 11.8 Å². The zero-order chi connectivity index (χ0) is 28.1. The zero-order valence-electron chi connectivity index (χ0n) is 21.5. The molecule has 1 saturated heterocycles. The average molecular weight is 594 g/mol. The van der Waals surface area contributed by atoms with E-state index in [1.165, 1.54) is 30.6 Å². The quantitative estimate of drug-likeness (QED) is 0.268. The van der Waals surface area contributed by atoms with Gasteiger partial charge in [0.15, 0.2) is 5.82 Å². The van der Waals surface area contributed by atoms with Crippen molar-refractivity contribution in [3.8, 4) is 33.7 Å². The minimum Gasteiger partial charge on any atom is -0.480 e. The number of methoxy groups -OCH3 is 1. The number of H-pyrrole nitrogens is 1. The van der Waals surface area contributed by atoms with Crippen molar-refractivity contribution in [2.24, 2.45) is 0 Å². The highest BCUT2D eigenvalue weighted by molar-refractivity contribution is 7.99. The summed E-state index contributed by atoms with van der Waals surface area (Å²) in [6.45, 7) is 3.27. The van der Waals surface area contributed by atoms with E-state index in [1.54, 1.807) is 12.1 Å². The van der Waals surface area contributed by atoms with Crippen LogP contribution in [0.15, 0.2) is 45.7 Å². The van der Waals surface area contributed by atoms with Gasteiger partial charge in [-0.15, -0.1) is 11.3 Å². The Bertz CT molecular complexity index is 1480. The van der Waals surface area contributed by atoms with Crippen molar-refractivity contribution >= 4 is 23.1 Å². The molecule has 1 aliphatic heterocycles. The number of ether oxygens (including phenoxy) is 2. The number of aryl methyl sites for hydroxylation is 1. The number of nitrogens with one attached hydrogen (secondary N) is 1. The summed E-state index contributed by atoms with van der Waals surface area (Å²) in [7, 11) is 1.44. The molecule has 0 aliphatic carbocycles. The highest BCUT2D eigenvalue weighted by Gasteiger charge is 2.30. The van der Waals surface area contributed by atoms with Crippen LogP contribution in [-0.4, -0.2) is 63.3 Å². The van der Waals surface area contributed by atoms with E-state index >= 15 is 0 Å². The van der Waals surface area contributed by atoms with E-state index in [0.717, 1.165) is 60.3 Å². The number of thiazole rings is 1. The van der Waals surface area contributed by atoms with E-state index in [0.29, 0.717) is 22.6 Å². The van der Waals surface area contributed by atoms with Crippen molar-refractivity contribution in [1.29, 1.82) is 0 Å². The number of rotatable bonds is 10. The number of aromatic nitrogens is 4. The van der Waals surface area contributed by atoms with Crippen LogP contribution in [0, 0.1) is 0 Å². The summed E-state index contributed by atoms with van der Waals surface area (Å²) in [5, 5.41) is 4.30. The summed E-state index contributed by atoms with van der Waals surface area (Å²) in [4.78, 5) is 26.2. The Morgan fingerprint density at radius 1 is 1.10 bits per heavy atom. The van der Waals surface area contributed by atoms with Crippen molar-refractivity contribution in [2.45, 2.75) is 25.6 Å². The third-order valence-corrected chi connectivity index (χ3v) is 8.37. The standard InChI is InChI=1S/C26H26F3N5O4S2/c1-36-23-18(22-32-25(35)38-33-22)8-9-21(31-23)37-15-20-19(3-2-10-34-11-13-39-14-12-34)30-24(40-20)16-4-6-17(7-5-16)26(27,28)29/h4-9H,2-3,10-15H2,1H3,(H,32,33,35). The monoisotopic (exact) mass is 593 g/mol. The molecule has 9 nitrogen and oxygen atoms in total. The van der Waals surface area contributed by atoms with Gasteiger partial charge in [0.05, 0.1) is 28.8 Å². The van der Waals surface area contributed by atoms with E-state index in [2.05, 4.69) is 24.5 Å². The van der Waals surface area contributed by atoms with E-state index < -0.39 is 17.5 Å². The van der Waals surface area contributed by atoms with Gasteiger partial charge >= 0.3 is 11.9 Å². The molecule has 1 N–H and O–H groups in total. The normalized spacial score (nSPS) is 14.4. The lowest BCUT2D eigenvalue weighted by Crippen LogP contribution is -2.33. The molecular weight excluding hydrogens is 567 g/mol. The Morgan fingerprint density at radius 2 is 1.88 bits per heavy atom. The van der Waals surface area contributed by atoms with E-state index in [-0.39, 0.29) is 24.2 Å². The molecule has 14 heteroatoms. The van der Waals surface area contributed by atoms with Crippen LogP contribution in [0.2, 0.25) is 0 Å². The number of hydrogen-bond donors (Lipinski definition) is 1. The molecule has 0 saturated carbocycles. The molecule has 4 aromatic rings. The van der Waals surface area contributed by atoms with E-state index in [9.17, 15) is 18.0 Å². The molecule has 212 valence electrons. The van der Waals surface area contributed by atoms with Gasteiger partial charge in [-0.3, -0.25) is 9.51 Å². The Kier molecular flexibility index (Phi) is 8.76. The summed E-state index contributed by atoms with van der Waals surface area (Å²) >= 11 is 3.35. The number of aromatic amines is 1. The second-order valence-electron chi connectivity index (χ2n) is 8.96. The van der Waals surface area contributed by atoms with Gasteiger partial charge < -0.3 is 14.4 Å². The second-order valence-corrected chi connectivity index (χ2v) is 11.3. The number of alkyl halides is 3. The third-order valence-electron chi connectivity index (χ3n) is 6.30. The smallest absolute Gasteiger partial charge is 0.439 e. The fraction of sp³-hybridized carbons (Fsp3) is 0.385. The lowest BCUT2D eigenvalue weighted by Gasteiger charge is -2.25. The molecule has 5 rings (SSSR count). The summed E-state index contributed by atoms with van der Waals surface area (Å²) in [5.74, 6) is 2.23. The molecule has 1 aromatic carbocycles. The van der Waals surface area contributed by atoms with Gasteiger partial charge in [-0.25, -0.2) is 9.78 Å². The molecule has 0 radical (unpaired) electrons. The highest BCUT2D eigenvalue weighted by Crippen LogP contribution is 2.34. The predicted octanol–water partition coefficient (Wildman–Crippen LogP) is 5.14. The van der Waals surface area contributed by atoms with Crippen LogP contribution in [0.25, 0.3) is 22.0 Å². The van der Waals surface area contributed by atoms with Crippen molar-refractivity contribution in [3.63, 3.8) is 0 Å². The molecular formula is C26H26F3N5O4S2.